The van der Waals surface area contributed by atoms with Gasteiger partial charge in [0.1, 0.15) is 5.75 Å². The van der Waals surface area contributed by atoms with Crippen LogP contribution in [0.1, 0.15) is 38.7 Å². The van der Waals surface area contributed by atoms with Gasteiger partial charge in [-0.3, -0.25) is 0 Å². The van der Waals surface area contributed by atoms with E-state index >= 15 is 0 Å². The monoisotopic (exact) mass is 325 g/mol. The second-order valence-electron chi connectivity index (χ2n) is 5.67. The highest BCUT2D eigenvalue weighted by atomic mass is 79.9. The third-order valence-corrected chi connectivity index (χ3v) is 5.08. The molecule has 0 heterocycles. The largest absolute Gasteiger partial charge is 0.497 e. The molecule has 0 amide bonds. The van der Waals surface area contributed by atoms with Crippen molar-refractivity contribution in [3.05, 3.63) is 28.2 Å². The Hall–Kier alpha value is -0.540. The highest BCUT2D eigenvalue weighted by Crippen LogP contribution is 2.52. The zero-order valence-electron chi connectivity index (χ0n) is 12.1. The molecule has 1 aliphatic carbocycles. The van der Waals surface area contributed by atoms with Crippen molar-refractivity contribution in [1.29, 1.82) is 0 Å². The number of hydrogen-bond acceptors (Lipinski definition) is 2. The smallest absolute Gasteiger partial charge is 0.119 e. The summed E-state index contributed by atoms with van der Waals surface area (Å²) >= 11 is 3.67. The first kappa shape index (κ1) is 14.9. The molecule has 1 aliphatic rings. The van der Waals surface area contributed by atoms with Gasteiger partial charge >= 0.3 is 0 Å². The van der Waals surface area contributed by atoms with Gasteiger partial charge in [0.2, 0.25) is 0 Å². The summed E-state index contributed by atoms with van der Waals surface area (Å²) < 4.78 is 6.53. The fraction of sp³-hybridized carbons (Fsp3) is 0.625. The van der Waals surface area contributed by atoms with Crippen molar-refractivity contribution in [1.82, 2.24) is 5.32 Å². The first-order valence-corrected chi connectivity index (χ1v) is 7.96. The lowest BCUT2D eigenvalue weighted by atomic mass is 9.89. The summed E-state index contributed by atoms with van der Waals surface area (Å²) in [6, 6.07) is 6.85. The average Bonchev–Trinajstić information content (AvgIpc) is 3.19. The Bertz CT molecular complexity index is 429. The molecule has 0 radical (unpaired) electrons. The summed E-state index contributed by atoms with van der Waals surface area (Å²) in [4.78, 5) is 0. The predicted octanol–water partition coefficient (Wildman–Crippen LogP) is 4.17. The van der Waals surface area contributed by atoms with Crippen molar-refractivity contribution in [2.75, 3.05) is 13.7 Å². The molecule has 1 N–H and O–H groups in total. The maximum atomic E-state index is 5.33. The van der Waals surface area contributed by atoms with E-state index in [1.165, 1.54) is 29.3 Å². The minimum absolute atomic E-state index is 0.448. The molecule has 0 spiro atoms. The number of halogens is 1. The second-order valence-corrected chi connectivity index (χ2v) is 6.53. The Kier molecular flexibility index (Phi) is 4.91. The molecule has 1 fully saturated rings. The molecule has 1 aromatic carbocycles. The van der Waals surface area contributed by atoms with Crippen LogP contribution in [0.15, 0.2) is 22.7 Å². The zero-order chi connectivity index (χ0) is 13.9. The summed E-state index contributed by atoms with van der Waals surface area (Å²) in [6.07, 6.45) is 4.98. The van der Waals surface area contributed by atoms with Crippen molar-refractivity contribution >= 4 is 15.9 Å². The number of ether oxygens (including phenoxy) is 1. The Labute approximate surface area is 125 Å². The molecule has 0 aromatic heterocycles. The minimum atomic E-state index is 0.448. The number of hydrogen-bond donors (Lipinski definition) is 1. The Balaban J connectivity index is 2.07. The van der Waals surface area contributed by atoms with Gasteiger partial charge in [-0.1, -0.05) is 22.9 Å². The number of nitrogens with one attached hydrogen (secondary N) is 1. The van der Waals surface area contributed by atoms with E-state index in [2.05, 4.69) is 47.2 Å². The molecule has 3 heteroatoms. The SMILES string of the molecule is CCCNC(C)C1(Cc2cc(OC)ccc2Br)CC1. The third kappa shape index (κ3) is 3.51. The van der Waals surface area contributed by atoms with E-state index in [9.17, 15) is 0 Å². The van der Waals surface area contributed by atoms with Crippen LogP contribution < -0.4 is 10.1 Å². The number of methoxy groups -OCH3 is 1. The number of benzene rings is 1. The van der Waals surface area contributed by atoms with Crippen molar-refractivity contribution in [2.24, 2.45) is 5.41 Å². The lowest BCUT2D eigenvalue weighted by molar-refractivity contribution is 0.349. The minimum Gasteiger partial charge on any atom is -0.497 e. The first-order valence-electron chi connectivity index (χ1n) is 7.17. The molecule has 19 heavy (non-hydrogen) atoms. The molecule has 2 nitrogen and oxygen atoms in total. The quantitative estimate of drug-likeness (QED) is 0.812. The van der Waals surface area contributed by atoms with E-state index in [0.29, 0.717) is 11.5 Å². The summed E-state index contributed by atoms with van der Waals surface area (Å²) in [6.45, 7) is 5.66. The van der Waals surface area contributed by atoms with E-state index in [0.717, 1.165) is 18.7 Å². The molecular weight excluding hydrogens is 302 g/mol. The fourth-order valence-electron chi connectivity index (χ4n) is 2.69. The molecule has 0 saturated heterocycles. The first-order chi connectivity index (χ1) is 9.11. The molecule has 2 rings (SSSR count). The van der Waals surface area contributed by atoms with Crippen LogP contribution in [0, 0.1) is 5.41 Å². The zero-order valence-corrected chi connectivity index (χ0v) is 13.7. The molecule has 1 atom stereocenters. The third-order valence-electron chi connectivity index (χ3n) is 4.31. The topological polar surface area (TPSA) is 21.3 Å². The van der Waals surface area contributed by atoms with Crippen LogP contribution in [0.5, 0.6) is 5.75 Å². The van der Waals surface area contributed by atoms with Crippen LogP contribution in [-0.4, -0.2) is 19.7 Å². The summed E-state index contributed by atoms with van der Waals surface area (Å²) in [5, 5.41) is 3.66. The summed E-state index contributed by atoms with van der Waals surface area (Å²) in [5.74, 6) is 0.947. The Morgan fingerprint density at radius 2 is 2.16 bits per heavy atom. The molecule has 0 aliphatic heterocycles. The van der Waals surface area contributed by atoms with Crippen LogP contribution in [0.4, 0.5) is 0 Å². The molecule has 1 aromatic rings. The maximum Gasteiger partial charge on any atom is 0.119 e. The van der Waals surface area contributed by atoms with Crippen molar-refractivity contribution in [2.45, 2.75) is 45.6 Å². The van der Waals surface area contributed by atoms with Gasteiger partial charge in [0.25, 0.3) is 0 Å². The Morgan fingerprint density at radius 1 is 1.42 bits per heavy atom. The lowest BCUT2D eigenvalue weighted by Gasteiger charge is -2.25. The van der Waals surface area contributed by atoms with Gasteiger partial charge in [-0.05, 0) is 68.3 Å². The maximum absolute atomic E-state index is 5.33. The molecule has 106 valence electrons. The van der Waals surface area contributed by atoms with Crippen LogP contribution in [0.25, 0.3) is 0 Å². The van der Waals surface area contributed by atoms with E-state index in [4.69, 9.17) is 4.74 Å². The molecule has 0 bridgehead atoms. The van der Waals surface area contributed by atoms with Gasteiger partial charge in [-0.2, -0.15) is 0 Å². The van der Waals surface area contributed by atoms with E-state index < -0.39 is 0 Å². The predicted molar refractivity (Wildman–Crippen MR) is 83.8 cm³/mol. The van der Waals surface area contributed by atoms with Gasteiger partial charge in [0.05, 0.1) is 7.11 Å². The van der Waals surface area contributed by atoms with Crippen molar-refractivity contribution < 1.29 is 4.74 Å². The van der Waals surface area contributed by atoms with Gasteiger partial charge in [0, 0.05) is 10.5 Å². The summed E-state index contributed by atoms with van der Waals surface area (Å²) in [7, 11) is 1.73. The van der Waals surface area contributed by atoms with Gasteiger partial charge in [-0.15, -0.1) is 0 Å². The van der Waals surface area contributed by atoms with Gasteiger partial charge in [-0.25, -0.2) is 0 Å². The Morgan fingerprint density at radius 3 is 2.74 bits per heavy atom. The normalized spacial score (nSPS) is 18.1. The van der Waals surface area contributed by atoms with E-state index in [1.54, 1.807) is 7.11 Å². The lowest BCUT2D eigenvalue weighted by Crippen LogP contribution is -2.36. The fourth-order valence-corrected chi connectivity index (χ4v) is 3.08. The number of rotatable bonds is 7. The second kappa shape index (κ2) is 6.27. The van der Waals surface area contributed by atoms with Crippen LogP contribution in [0.2, 0.25) is 0 Å². The average molecular weight is 326 g/mol. The van der Waals surface area contributed by atoms with Crippen LogP contribution >= 0.6 is 15.9 Å². The van der Waals surface area contributed by atoms with Crippen LogP contribution in [0.3, 0.4) is 0 Å². The summed E-state index contributed by atoms with van der Waals surface area (Å²) in [5.41, 5.74) is 1.81. The highest BCUT2D eigenvalue weighted by Gasteiger charge is 2.47. The highest BCUT2D eigenvalue weighted by molar-refractivity contribution is 9.10. The molecular formula is C16H24BrNO. The van der Waals surface area contributed by atoms with Crippen molar-refractivity contribution in [3.8, 4) is 5.75 Å². The standard InChI is InChI=1S/C16H24BrNO/c1-4-9-18-12(2)16(7-8-16)11-13-10-14(19-3)5-6-15(13)17/h5-6,10,12,18H,4,7-9,11H2,1-3H3. The van der Waals surface area contributed by atoms with E-state index in [1.807, 2.05) is 6.07 Å². The van der Waals surface area contributed by atoms with Crippen LogP contribution in [-0.2, 0) is 6.42 Å². The van der Waals surface area contributed by atoms with Gasteiger partial charge < -0.3 is 10.1 Å². The van der Waals surface area contributed by atoms with Crippen molar-refractivity contribution in [3.63, 3.8) is 0 Å². The van der Waals surface area contributed by atoms with Gasteiger partial charge in [0.15, 0.2) is 0 Å². The molecule has 1 unspecified atom stereocenters. The van der Waals surface area contributed by atoms with E-state index in [-0.39, 0.29) is 0 Å². The molecule has 1 saturated carbocycles.